The molecule has 1 rings (SSSR count). The van der Waals surface area contributed by atoms with Crippen molar-refractivity contribution in [2.24, 2.45) is 0 Å². The van der Waals surface area contributed by atoms with Gasteiger partial charge in [0.15, 0.2) is 5.11 Å². The van der Waals surface area contributed by atoms with Crippen LogP contribution >= 0.6 is 23.8 Å². The van der Waals surface area contributed by atoms with Crippen LogP contribution in [0.4, 0.5) is 0 Å². The minimum absolute atomic E-state index is 0.459. The highest BCUT2D eigenvalue weighted by Gasteiger charge is 2.04. The first-order chi connectivity index (χ1) is 8.15. The van der Waals surface area contributed by atoms with Crippen LogP contribution in [0, 0.1) is 0 Å². The van der Waals surface area contributed by atoms with E-state index in [4.69, 9.17) is 23.8 Å². The van der Waals surface area contributed by atoms with Crippen LogP contribution in [0.1, 0.15) is 32.3 Å². The summed E-state index contributed by atoms with van der Waals surface area (Å²) in [4.78, 5) is 0. The third-order valence-electron chi connectivity index (χ3n) is 2.69. The zero-order valence-corrected chi connectivity index (χ0v) is 11.9. The molecule has 0 aliphatic carbocycles. The fraction of sp³-hybridized carbons (Fsp3) is 0.462. The summed E-state index contributed by atoms with van der Waals surface area (Å²) in [6.07, 6.45) is 2.17. The molecular weight excluding hydrogens is 252 g/mol. The van der Waals surface area contributed by atoms with Gasteiger partial charge in [-0.15, -0.1) is 0 Å². The van der Waals surface area contributed by atoms with Crippen molar-refractivity contribution < 1.29 is 0 Å². The van der Waals surface area contributed by atoms with Crippen LogP contribution in [0.3, 0.4) is 0 Å². The molecular formula is C13H19ClN2S. The smallest absolute Gasteiger partial charge is 0.166 e. The molecule has 4 heteroatoms. The second-order valence-corrected chi connectivity index (χ2v) is 4.81. The molecule has 2 nitrogen and oxygen atoms in total. The Kier molecular flexibility index (Phi) is 6.30. The Morgan fingerprint density at radius 3 is 2.35 bits per heavy atom. The van der Waals surface area contributed by atoms with Crippen molar-refractivity contribution >= 4 is 28.9 Å². The Hall–Kier alpha value is -0.800. The van der Waals surface area contributed by atoms with Crippen LogP contribution in [-0.4, -0.2) is 11.2 Å². The first kappa shape index (κ1) is 14.3. The molecule has 17 heavy (non-hydrogen) atoms. The van der Waals surface area contributed by atoms with E-state index in [2.05, 4.69) is 24.5 Å². The fourth-order valence-corrected chi connectivity index (χ4v) is 1.88. The summed E-state index contributed by atoms with van der Waals surface area (Å²) >= 11 is 11.1. The Morgan fingerprint density at radius 2 is 1.82 bits per heavy atom. The predicted molar refractivity (Wildman–Crippen MR) is 78.4 cm³/mol. The van der Waals surface area contributed by atoms with Crippen LogP contribution in [0.15, 0.2) is 24.3 Å². The average molecular weight is 271 g/mol. The van der Waals surface area contributed by atoms with Crippen molar-refractivity contribution in [2.75, 3.05) is 0 Å². The molecule has 0 fully saturated rings. The lowest BCUT2D eigenvalue weighted by molar-refractivity contribution is 0.564. The zero-order valence-electron chi connectivity index (χ0n) is 10.3. The van der Waals surface area contributed by atoms with Gasteiger partial charge in [-0.05, 0) is 42.8 Å². The van der Waals surface area contributed by atoms with E-state index in [1.807, 2.05) is 24.3 Å². The number of hydrogen-bond acceptors (Lipinski definition) is 1. The zero-order chi connectivity index (χ0) is 12.7. The number of benzene rings is 1. The lowest BCUT2D eigenvalue weighted by Gasteiger charge is -2.17. The quantitative estimate of drug-likeness (QED) is 0.801. The van der Waals surface area contributed by atoms with E-state index >= 15 is 0 Å². The van der Waals surface area contributed by atoms with Gasteiger partial charge < -0.3 is 10.6 Å². The fourth-order valence-electron chi connectivity index (χ4n) is 1.51. The van der Waals surface area contributed by atoms with Gasteiger partial charge in [-0.2, -0.15) is 0 Å². The molecule has 0 saturated heterocycles. The first-order valence-electron chi connectivity index (χ1n) is 5.94. The summed E-state index contributed by atoms with van der Waals surface area (Å²) in [5.41, 5.74) is 1.17. The van der Waals surface area contributed by atoms with E-state index in [0.29, 0.717) is 11.2 Å². The Morgan fingerprint density at radius 1 is 1.24 bits per heavy atom. The van der Waals surface area contributed by atoms with Gasteiger partial charge in [0.25, 0.3) is 0 Å². The number of thiocarbonyl (C=S) groups is 1. The summed E-state index contributed by atoms with van der Waals surface area (Å²) in [7, 11) is 0. The van der Waals surface area contributed by atoms with E-state index in [1.165, 1.54) is 5.56 Å². The van der Waals surface area contributed by atoms with E-state index in [1.54, 1.807) is 0 Å². The summed E-state index contributed by atoms with van der Waals surface area (Å²) in [6, 6.07) is 8.22. The van der Waals surface area contributed by atoms with Gasteiger partial charge in [-0.25, -0.2) is 0 Å². The van der Waals surface area contributed by atoms with Gasteiger partial charge in [0.2, 0.25) is 0 Å². The van der Waals surface area contributed by atoms with E-state index in [0.717, 1.165) is 24.4 Å². The van der Waals surface area contributed by atoms with Crippen LogP contribution in [-0.2, 0) is 6.54 Å². The maximum Gasteiger partial charge on any atom is 0.166 e. The van der Waals surface area contributed by atoms with Gasteiger partial charge in [0.1, 0.15) is 0 Å². The van der Waals surface area contributed by atoms with Gasteiger partial charge >= 0.3 is 0 Å². The van der Waals surface area contributed by atoms with Crippen LogP contribution < -0.4 is 10.6 Å². The summed E-state index contributed by atoms with van der Waals surface area (Å²) < 4.78 is 0. The van der Waals surface area contributed by atoms with Gasteiger partial charge in [-0.3, -0.25) is 0 Å². The van der Waals surface area contributed by atoms with E-state index in [-0.39, 0.29) is 0 Å². The monoisotopic (exact) mass is 270 g/mol. The van der Waals surface area contributed by atoms with Crippen molar-refractivity contribution in [1.29, 1.82) is 0 Å². The molecule has 2 N–H and O–H groups in total. The normalized spacial score (nSPS) is 10.4. The molecule has 0 radical (unpaired) electrons. The number of nitrogens with one attached hydrogen (secondary N) is 2. The van der Waals surface area contributed by atoms with Gasteiger partial charge in [0.05, 0.1) is 0 Å². The largest absolute Gasteiger partial charge is 0.360 e. The SMILES string of the molecule is CCC(CC)NC(=S)NCc1ccc(Cl)cc1. The van der Waals surface area contributed by atoms with Crippen molar-refractivity contribution in [1.82, 2.24) is 10.6 Å². The highest BCUT2D eigenvalue weighted by atomic mass is 35.5. The lowest BCUT2D eigenvalue weighted by Crippen LogP contribution is -2.40. The summed E-state index contributed by atoms with van der Waals surface area (Å²) in [5.74, 6) is 0. The molecule has 0 aliphatic heterocycles. The highest BCUT2D eigenvalue weighted by Crippen LogP contribution is 2.09. The molecule has 1 aromatic carbocycles. The molecule has 0 heterocycles. The average Bonchev–Trinajstić information content (AvgIpc) is 2.35. The standard InChI is InChI=1S/C13H19ClN2S/c1-3-12(4-2)16-13(17)15-9-10-5-7-11(14)8-6-10/h5-8,12H,3-4,9H2,1-2H3,(H2,15,16,17). The summed E-state index contributed by atoms with van der Waals surface area (Å²) in [5, 5.41) is 7.96. The highest BCUT2D eigenvalue weighted by molar-refractivity contribution is 7.80. The molecule has 0 aliphatic rings. The van der Waals surface area contributed by atoms with Crippen molar-refractivity contribution in [3.63, 3.8) is 0 Å². The van der Waals surface area contributed by atoms with Crippen LogP contribution in [0.25, 0.3) is 0 Å². The van der Waals surface area contributed by atoms with Crippen molar-refractivity contribution in [3.8, 4) is 0 Å². The molecule has 0 amide bonds. The first-order valence-corrected chi connectivity index (χ1v) is 6.73. The third kappa shape index (κ3) is 5.37. The Bertz CT molecular complexity index is 347. The maximum atomic E-state index is 5.82. The number of halogens is 1. The topological polar surface area (TPSA) is 24.1 Å². The molecule has 0 unspecified atom stereocenters. The second-order valence-electron chi connectivity index (χ2n) is 3.97. The third-order valence-corrected chi connectivity index (χ3v) is 3.20. The molecule has 0 spiro atoms. The molecule has 0 bridgehead atoms. The van der Waals surface area contributed by atoms with Crippen LogP contribution in [0.2, 0.25) is 5.02 Å². The minimum Gasteiger partial charge on any atom is -0.360 e. The molecule has 0 atom stereocenters. The lowest BCUT2D eigenvalue weighted by atomic mass is 10.2. The van der Waals surface area contributed by atoms with E-state index in [9.17, 15) is 0 Å². The van der Waals surface area contributed by atoms with E-state index < -0.39 is 0 Å². The second kappa shape index (κ2) is 7.51. The summed E-state index contributed by atoms with van der Waals surface area (Å²) in [6.45, 7) is 5.04. The maximum absolute atomic E-state index is 5.82. The predicted octanol–water partition coefficient (Wildman–Crippen LogP) is 3.49. The Labute approximate surface area is 114 Å². The molecule has 0 aromatic heterocycles. The number of hydrogen-bond donors (Lipinski definition) is 2. The molecule has 94 valence electrons. The van der Waals surface area contributed by atoms with Crippen LogP contribution in [0.5, 0.6) is 0 Å². The van der Waals surface area contributed by atoms with Gasteiger partial charge in [0, 0.05) is 17.6 Å². The van der Waals surface area contributed by atoms with Crippen molar-refractivity contribution in [2.45, 2.75) is 39.3 Å². The van der Waals surface area contributed by atoms with Gasteiger partial charge in [-0.1, -0.05) is 37.6 Å². The minimum atomic E-state index is 0.459. The molecule has 0 saturated carbocycles. The van der Waals surface area contributed by atoms with Crippen molar-refractivity contribution in [3.05, 3.63) is 34.9 Å². The Balaban J connectivity index is 2.35. The number of rotatable bonds is 5. The molecule has 1 aromatic rings.